The van der Waals surface area contributed by atoms with Gasteiger partial charge in [0.2, 0.25) is 5.91 Å². The van der Waals surface area contributed by atoms with Gasteiger partial charge in [-0.3, -0.25) is 14.5 Å². The van der Waals surface area contributed by atoms with E-state index in [9.17, 15) is 14.0 Å². The van der Waals surface area contributed by atoms with Crippen LogP contribution in [0.25, 0.3) is 0 Å². The number of piperazine rings is 1. The molecule has 0 spiro atoms. The van der Waals surface area contributed by atoms with Crippen LogP contribution in [0.1, 0.15) is 6.42 Å². The maximum absolute atomic E-state index is 14.0. The minimum absolute atomic E-state index is 0.143. The van der Waals surface area contributed by atoms with Crippen LogP contribution in [0.5, 0.6) is 0 Å². The Labute approximate surface area is 161 Å². The van der Waals surface area contributed by atoms with Gasteiger partial charge in [-0.2, -0.15) is 0 Å². The summed E-state index contributed by atoms with van der Waals surface area (Å²) in [5.74, 6) is -0.731. The summed E-state index contributed by atoms with van der Waals surface area (Å²) >= 11 is 6.17. The second-order valence-corrected chi connectivity index (χ2v) is 7.12. The molecule has 27 heavy (non-hydrogen) atoms. The zero-order valence-electron chi connectivity index (χ0n) is 14.6. The Kier molecular flexibility index (Phi) is 4.85. The van der Waals surface area contributed by atoms with E-state index in [1.807, 2.05) is 15.9 Å². The number of rotatable bonds is 3. The van der Waals surface area contributed by atoms with Crippen LogP contribution in [0.3, 0.4) is 0 Å². The van der Waals surface area contributed by atoms with Crippen molar-refractivity contribution in [3.05, 3.63) is 59.4 Å². The van der Waals surface area contributed by atoms with E-state index in [-0.39, 0.29) is 24.1 Å². The molecule has 4 rings (SSSR count). The molecule has 0 unspecified atom stereocenters. The van der Waals surface area contributed by atoms with Crippen LogP contribution in [0.4, 0.5) is 15.8 Å². The topological polar surface area (TPSA) is 43.9 Å². The Morgan fingerprint density at radius 3 is 2.19 bits per heavy atom. The van der Waals surface area contributed by atoms with Gasteiger partial charge in [0.25, 0.3) is 5.91 Å². The zero-order chi connectivity index (χ0) is 19.0. The molecule has 0 N–H and O–H groups in total. The van der Waals surface area contributed by atoms with Gasteiger partial charge in [-0.15, -0.1) is 0 Å². The second-order valence-electron chi connectivity index (χ2n) is 6.71. The molecule has 140 valence electrons. The van der Waals surface area contributed by atoms with Gasteiger partial charge in [-0.25, -0.2) is 9.29 Å². The van der Waals surface area contributed by atoms with E-state index in [2.05, 4.69) is 0 Å². The molecule has 2 aliphatic heterocycles. The Morgan fingerprint density at radius 2 is 1.52 bits per heavy atom. The van der Waals surface area contributed by atoms with Crippen LogP contribution >= 0.6 is 11.6 Å². The lowest BCUT2D eigenvalue weighted by atomic mass is 10.1. The van der Waals surface area contributed by atoms with Crippen molar-refractivity contribution < 1.29 is 14.0 Å². The van der Waals surface area contributed by atoms with Crippen molar-refractivity contribution in [3.8, 4) is 0 Å². The molecule has 5 nitrogen and oxygen atoms in total. The Bertz CT molecular complexity index is 883. The van der Waals surface area contributed by atoms with Crippen molar-refractivity contribution >= 4 is 34.8 Å². The van der Waals surface area contributed by atoms with E-state index in [4.69, 9.17) is 11.6 Å². The van der Waals surface area contributed by atoms with Gasteiger partial charge >= 0.3 is 0 Å². The summed E-state index contributed by atoms with van der Waals surface area (Å²) in [5.41, 5.74) is 1.00. The van der Waals surface area contributed by atoms with E-state index in [0.717, 1.165) is 0 Å². The monoisotopic (exact) mass is 387 g/mol. The molecule has 7 heteroatoms. The summed E-state index contributed by atoms with van der Waals surface area (Å²) in [4.78, 5) is 30.6. The third-order valence-electron chi connectivity index (χ3n) is 5.16. The molecule has 0 radical (unpaired) electrons. The predicted molar refractivity (Wildman–Crippen MR) is 103 cm³/mol. The quantitative estimate of drug-likeness (QED) is 0.759. The molecular weight excluding hydrogens is 369 g/mol. The number of hydrogen-bond donors (Lipinski definition) is 0. The highest BCUT2D eigenvalue weighted by Crippen LogP contribution is 2.32. The van der Waals surface area contributed by atoms with Crippen LogP contribution in [-0.2, 0) is 9.59 Å². The first-order valence-electron chi connectivity index (χ1n) is 8.91. The van der Waals surface area contributed by atoms with Gasteiger partial charge in [0.05, 0.1) is 28.9 Å². The number of anilines is 2. The third-order valence-corrected chi connectivity index (χ3v) is 5.48. The number of hydrogen-bond acceptors (Lipinski definition) is 4. The molecule has 0 aliphatic carbocycles. The number of nitrogens with zero attached hydrogens (tertiary/aromatic N) is 3. The second kappa shape index (κ2) is 7.29. The van der Waals surface area contributed by atoms with E-state index in [0.29, 0.717) is 42.6 Å². The number of halogens is 2. The summed E-state index contributed by atoms with van der Waals surface area (Å²) in [6.07, 6.45) is 0.143. The predicted octanol–water partition coefficient (Wildman–Crippen LogP) is 2.93. The van der Waals surface area contributed by atoms with Crippen LogP contribution in [-0.4, -0.2) is 48.9 Å². The van der Waals surface area contributed by atoms with Crippen LogP contribution in [0, 0.1) is 5.82 Å². The fourth-order valence-electron chi connectivity index (χ4n) is 3.77. The normalized spacial score (nSPS) is 21.2. The lowest BCUT2D eigenvalue weighted by Crippen LogP contribution is -2.52. The van der Waals surface area contributed by atoms with Crippen LogP contribution in [0.15, 0.2) is 48.5 Å². The van der Waals surface area contributed by atoms with E-state index in [1.165, 1.54) is 11.0 Å². The number of carbonyl (C=O) groups excluding carboxylic acids is 2. The third kappa shape index (κ3) is 3.31. The van der Waals surface area contributed by atoms with Crippen LogP contribution in [0.2, 0.25) is 5.02 Å². The molecule has 0 aromatic heterocycles. The van der Waals surface area contributed by atoms with E-state index < -0.39 is 6.04 Å². The first-order chi connectivity index (χ1) is 13.1. The van der Waals surface area contributed by atoms with Gasteiger partial charge in [-0.05, 0) is 24.3 Å². The molecule has 0 saturated carbocycles. The Morgan fingerprint density at radius 1 is 0.889 bits per heavy atom. The first-order valence-corrected chi connectivity index (χ1v) is 9.29. The van der Waals surface area contributed by atoms with Gasteiger partial charge < -0.3 is 4.90 Å². The van der Waals surface area contributed by atoms with Crippen molar-refractivity contribution in [1.29, 1.82) is 0 Å². The summed E-state index contributed by atoms with van der Waals surface area (Å²) in [6, 6.07) is 13.0. The molecule has 0 bridgehead atoms. The first kappa shape index (κ1) is 17.9. The molecule has 2 fully saturated rings. The van der Waals surface area contributed by atoms with Crippen LogP contribution < -0.4 is 9.80 Å². The molecular formula is C20H19ClFN3O2. The molecule has 2 saturated heterocycles. The van der Waals surface area contributed by atoms with Gasteiger partial charge in [0, 0.05) is 26.2 Å². The van der Waals surface area contributed by atoms with Crippen molar-refractivity contribution in [2.24, 2.45) is 0 Å². The van der Waals surface area contributed by atoms with Crippen molar-refractivity contribution in [2.75, 3.05) is 36.0 Å². The average molecular weight is 388 g/mol. The highest BCUT2D eigenvalue weighted by Gasteiger charge is 2.43. The Hall–Kier alpha value is -2.44. The number of para-hydroxylation sites is 2. The average Bonchev–Trinajstić information content (AvgIpc) is 2.97. The molecule has 1 atom stereocenters. The molecule has 2 aromatic rings. The molecule has 2 aromatic carbocycles. The Balaban J connectivity index is 1.46. The standard InChI is InChI=1S/C20H19ClFN3O2/c21-14-5-1-3-7-16(14)25-19(26)13-18(20(25)27)24-11-9-23(10-12-24)17-8-4-2-6-15(17)22/h1-8,18H,9-13H2/t18-/m1/s1. The van der Waals surface area contributed by atoms with Crippen molar-refractivity contribution in [2.45, 2.75) is 12.5 Å². The summed E-state index contributed by atoms with van der Waals surface area (Å²) in [6.45, 7) is 2.39. The number of benzene rings is 2. The largest absolute Gasteiger partial charge is 0.367 e. The lowest BCUT2D eigenvalue weighted by Gasteiger charge is -2.38. The highest BCUT2D eigenvalue weighted by atomic mass is 35.5. The van der Waals surface area contributed by atoms with E-state index >= 15 is 0 Å². The maximum atomic E-state index is 14.0. The highest BCUT2D eigenvalue weighted by molar-refractivity contribution is 6.36. The number of amides is 2. The van der Waals surface area contributed by atoms with Gasteiger partial charge in [0.15, 0.2) is 0 Å². The smallest absolute Gasteiger partial charge is 0.251 e. The fourth-order valence-corrected chi connectivity index (χ4v) is 3.99. The number of imide groups is 1. The molecule has 2 heterocycles. The molecule has 2 aliphatic rings. The minimum atomic E-state index is -0.489. The maximum Gasteiger partial charge on any atom is 0.251 e. The summed E-state index contributed by atoms with van der Waals surface area (Å²) < 4.78 is 14.0. The summed E-state index contributed by atoms with van der Waals surface area (Å²) in [5, 5.41) is 0.379. The van der Waals surface area contributed by atoms with Gasteiger partial charge in [0.1, 0.15) is 5.82 Å². The lowest BCUT2D eigenvalue weighted by molar-refractivity contribution is -0.123. The summed E-state index contributed by atoms with van der Waals surface area (Å²) in [7, 11) is 0. The number of carbonyl (C=O) groups is 2. The van der Waals surface area contributed by atoms with Crippen molar-refractivity contribution in [1.82, 2.24) is 4.90 Å². The van der Waals surface area contributed by atoms with Gasteiger partial charge in [-0.1, -0.05) is 35.9 Å². The van der Waals surface area contributed by atoms with Crippen molar-refractivity contribution in [3.63, 3.8) is 0 Å². The minimum Gasteiger partial charge on any atom is -0.367 e. The SMILES string of the molecule is O=C1C[C@@H](N2CCN(c3ccccc3F)CC2)C(=O)N1c1ccccc1Cl. The molecule has 2 amide bonds. The zero-order valence-corrected chi connectivity index (χ0v) is 15.4. The van der Waals surface area contributed by atoms with E-state index in [1.54, 1.807) is 36.4 Å². The fraction of sp³-hybridized carbons (Fsp3) is 0.300.